The molecule has 4 nitrogen and oxygen atoms in total. The van der Waals surface area contributed by atoms with Crippen LogP contribution in [0.15, 0.2) is 6.33 Å². The van der Waals surface area contributed by atoms with Crippen molar-refractivity contribution in [3.63, 3.8) is 0 Å². The van der Waals surface area contributed by atoms with Crippen LogP contribution >= 0.6 is 11.6 Å². The number of nitrogens with zero attached hydrogens (tertiary/aromatic N) is 3. The normalized spacial score (nSPS) is 24.6. The number of hydrogen-bond donors (Lipinski definition) is 1. The number of halogens is 1. The summed E-state index contributed by atoms with van der Waals surface area (Å²) < 4.78 is 0. The van der Waals surface area contributed by atoms with E-state index < -0.39 is 0 Å². The maximum absolute atomic E-state index is 6.15. The van der Waals surface area contributed by atoms with Crippen molar-refractivity contribution < 1.29 is 0 Å². The molecule has 1 aliphatic rings. The van der Waals surface area contributed by atoms with Crippen molar-refractivity contribution in [1.82, 2.24) is 9.97 Å². The zero-order valence-electron chi connectivity index (χ0n) is 10.4. The van der Waals surface area contributed by atoms with Gasteiger partial charge in [0.2, 0.25) is 0 Å². The summed E-state index contributed by atoms with van der Waals surface area (Å²) in [5.74, 6) is 1.87. The Hall–Kier alpha value is -1.03. The summed E-state index contributed by atoms with van der Waals surface area (Å²) in [6, 6.07) is 0.505. The molecular weight excluding hydrogens is 236 g/mol. The lowest BCUT2D eigenvalue weighted by Gasteiger charge is -2.35. The highest BCUT2D eigenvalue weighted by molar-refractivity contribution is 6.35. The largest absolute Gasteiger partial charge is 0.382 e. The topological polar surface area (TPSA) is 55.0 Å². The molecular formula is C12H19ClN4. The number of nitrogens with two attached hydrogens (primary N) is 1. The van der Waals surface area contributed by atoms with Crippen LogP contribution in [0, 0.1) is 5.92 Å². The number of hydrogen-bond acceptors (Lipinski definition) is 4. The van der Waals surface area contributed by atoms with Crippen molar-refractivity contribution in [2.75, 3.05) is 17.7 Å². The molecule has 2 N–H and O–H groups in total. The van der Waals surface area contributed by atoms with E-state index in [4.69, 9.17) is 17.3 Å². The van der Waals surface area contributed by atoms with E-state index >= 15 is 0 Å². The van der Waals surface area contributed by atoms with Crippen LogP contribution in [0.3, 0.4) is 0 Å². The van der Waals surface area contributed by atoms with Crippen molar-refractivity contribution in [3.8, 4) is 0 Å². The second-order valence-corrected chi connectivity index (χ2v) is 5.31. The molecule has 5 heteroatoms. The second kappa shape index (κ2) is 5.08. The molecule has 94 valence electrons. The van der Waals surface area contributed by atoms with Gasteiger partial charge in [0.15, 0.2) is 5.82 Å². The van der Waals surface area contributed by atoms with Crippen molar-refractivity contribution in [3.05, 3.63) is 11.3 Å². The van der Waals surface area contributed by atoms with E-state index in [2.05, 4.69) is 21.8 Å². The van der Waals surface area contributed by atoms with Gasteiger partial charge in [-0.1, -0.05) is 31.4 Å². The predicted molar refractivity (Wildman–Crippen MR) is 71.3 cm³/mol. The first-order valence-electron chi connectivity index (χ1n) is 6.08. The highest BCUT2D eigenvalue weighted by Crippen LogP contribution is 2.33. The molecule has 1 aromatic heterocycles. The molecule has 0 aliphatic heterocycles. The smallest absolute Gasteiger partial charge is 0.153 e. The van der Waals surface area contributed by atoms with Crippen LogP contribution < -0.4 is 10.6 Å². The Morgan fingerprint density at radius 3 is 2.88 bits per heavy atom. The monoisotopic (exact) mass is 254 g/mol. The molecule has 1 heterocycles. The molecule has 2 rings (SSSR count). The summed E-state index contributed by atoms with van der Waals surface area (Å²) in [6.45, 7) is 2.30. The SMILES string of the molecule is CC1CCCC(N(C)c2ncnc(N)c2Cl)C1. The van der Waals surface area contributed by atoms with Gasteiger partial charge >= 0.3 is 0 Å². The van der Waals surface area contributed by atoms with Crippen molar-refractivity contribution in [2.45, 2.75) is 38.6 Å². The highest BCUT2D eigenvalue weighted by Gasteiger charge is 2.24. The molecule has 17 heavy (non-hydrogen) atoms. The first kappa shape index (κ1) is 12.4. The molecule has 0 radical (unpaired) electrons. The maximum Gasteiger partial charge on any atom is 0.153 e. The Kier molecular flexibility index (Phi) is 3.72. The van der Waals surface area contributed by atoms with Crippen molar-refractivity contribution in [1.29, 1.82) is 0 Å². The molecule has 0 saturated heterocycles. The van der Waals surface area contributed by atoms with Crippen LogP contribution in [0.2, 0.25) is 5.02 Å². The zero-order chi connectivity index (χ0) is 12.4. The van der Waals surface area contributed by atoms with Gasteiger partial charge in [0.1, 0.15) is 17.2 Å². The van der Waals surface area contributed by atoms with E-state index in [-0.39, 0.29) is 0 Å². The average Bonchev–Trinajstić information content (AvgIpc) is 2.32. The van der Waals surface area contributed by atoms with Gasteiger partial charge in [0.25, 0.3) is 0 Å². The van der Waals surface area contributed by atoms with Gasteiger partial charge < -0.3 is 10.6 Å². The van der Waals surface area contributed by atoms with E-state index in [9.17, 15) is 0 Å². The molecule has 0 spiro atoms. The number of aromatic nitrogens is 2. The first-order valence-corrected chi connectivity index (χ1v) is 6.46. The average molecular weight is 255 g/mol. The summed E-state index contributed by atoms with van der Waals surface area (Å²) in [5, 5.41) is 0.466. The van der Waals surface area contributed by atoms with Gasteiger partial charge in [-0.15, -0.1) is 0 Å². The zero-order valence-corrected chi connectivity index (χ0v) is 11.1. The molecule has 2 atom stereocenters. The van der Waals surface area contributed by atoms with Gasteiger partial charge in [-0.05, 0) is 18.8 Å². The molecule has 0 amide bonds. The predicted octanol–water partition coefficient (Wildman–Crippen LogP) is 2.73. The summed E-state index contributed by atoms with van der Waals surface area (Å²) in [5.41, 5.74) is 5.71. The minimum absolute atomic E-state index is 0.354. The van der Waals surface area contributed by atoms with Crippen LogP contribution in [0.4, 0.5) is 11.6 Å². The molecule has 0 aromatic carbocycles. The van der Waals surface area contributed by atoms with E-state index in [1.54, 1.807) is 0 Å². The number of rotatable bonds is 2. The fourth-order valence-corrected chi connectivity index (χ4v) is 2.78. The maximum atomic E-state index is 6.15. The Morgan fingerprint density at radius 2 is 2.18 bits per heavy atom. The van der Waals surface area contributed by atoms with Gasteiger partial charge in [-0.3, -0.25) is 0 Å². The van der Waals surface area contributed by atoms with Crippen LogP contribution in [0.5, 0.6) is 0 Å². The first-order chi connectivity index (χ1) is 8.09. The lowest BCUT2D eigenvalue weighted by atomic mass is 9.86. The fraction of sp³-hybridized carbons (Fsp3) is 0.667. The van der Waals surface area contributed by atoms with E-state index in [0.29, 0.717) is 16.9 Å². The van der Waals surface area contributed by atoms with E-state index in [0.717, 1.165) is 11.7 Å². The molecule has 1 saturated carbocycles. The third-order valence-electron chi connectivity index (χ3n) is 3.59. The van der Waals surface area contributed by atoms with Crippen molar-refractivity contribution >= 4 is 23.2 Å². The van der Waals surface area contributed by atoms with E-state index in [1.807, 2.05) is 7.05 Å². The van der Waals surface area contributed by atoms with Crippen LogP contribution in [0.1, 0.15) is 32.6 Å². The quantitative estimate of drug-likeness (QED) is 0.882. The molecule has 1 fully saturated rings. The van der Waals surface area contributed by atoms with Crippen LogP contribution in [-0.4, -0.2) is 23.1 Å². The molecule has 0 bridgehead atoms. The Morgan fingerprint density at radius 1 is 1.41 bits per heavy atom. The minimum Gasteiger partial charge on any atom is -0.382 e. The second-order valence-electron chi connectivity index (χ2n) is 4.93. The summed E-state index contributed by atoms with van der Waals surface area (Å²) in [6.07, 6.45) is 6.45. The fourth-order valence-electron chi connectivity index (χ4n) is 2.55. The third kappa shape index (κ3) is 2.63. The molecule has 2 unspecified atom stereocenters. The van der Waals surface area contributed by atoms with E-state index in [1.165, 1.54) is 32.0 Å². The van der Waals surface area contributed by atoms with Gasteiger partial charge in [0.05, 0.1) is 0 Å². The Labute approximate surface area is 107 Å². The standard InChI is InChI=1S/C12H19ClN4/c1-8-4-3-5-9(6-8)17(2)12-10(13)11(14)15-7-16-12/h7-9H,3-6H2,1-2H3,(H2,14,15,16). The third-order valence-corrected chi connectivity index (χ3v) is 3.95. The summed E-state index contributed by atoms with van der Waals surface area (Å²) >= 11 is 6.15. The molecule has 1 aromatic rings. The Balaban J connectivity index is 2.18. The Bertz CT molecular complexity index is 396. The van der Waals surface area contributed by atoms with Gasteiger partial charge in [-0.25, -0.2) is 9.97 Å². The van der Waals surface area contributed by atoms with Gasteiger partial charge in [0, 0.05) is 13.1 Å². The molecule has 1 aliphatic carbocycles. The number of anilines is 2. The van der Waals surface area contributed by atoms with Crippen molar-refractivity contribution in [2.24, 2.45) is 5.92 Å². The highest BCUT2D eigenvalue weighted by atomic mass is 35.5. The van der Waals surface area contributed by atoms with Crippen LogP contribution in [-0.2, 0) is 0 Å². The summed E-state index contributed by atoms with van der Waals surface area (Å²) in [4.78, 5) is 10.3. The number of nitrogen functional groups attached to an aromatic ring is 1. The minimum atomic E-state index is 0.354. The summed E-state index contributed by atoms with van der Waals surface area (Å²) in [7, 11) is 2.04. The van der Waals surface area contributed by atoms with Gasteiger partial charge in [-0.2, -0.15) is 0 Å². The lowest BCUT2D eigenvalue weighted by Crippen LogP contribution is -2.36. The lowest BCUT2D eigenvalue weighted by molar-refractivity contribution is 0.335. The van der Waals surface area contributed by atoms with Crippen LogP contribution in [0.25, 0.3) is 0 Å².